The van der Waals surface area contributed by atoms with E-state index in [0.717, 1.165) is 13.0 Å². The molecule has 86 valence electrons. The lowest BCUT2D eigenvalue weighted by Gasteiger charge is -2.30. The van der Waals surface area contributed by atoms with Crippen molar-refractivity contribution in [3.05, 3.63) is 0 Å². The van der Waals surface area contributed by atoms with E-state index < -0.39 is 0 Å². The summed E-state index contributed by atoms with van der Waals surface area (Å²) >= 11 is 0. The Morgan fingerprint density at radius 1 is 1.14 bits per heavy atom. The number of hydrogen-bond donors (Lipinski definition) is 1. The summed E-state index contributed by atoms with van der Waals surface area (Å²) in [5.74, 6) is 0. The molecule has 1 atom stereocenters. The first-order chi connectivity index (χ1) is 6.16. The van der Waals surface area contributed by atoms with Gasteiger partial charge in [-0.15, -0.1) is 0 Å². The minimum atomic E-state index is -0.0442. The lowest BCUT2D eigenvalue weighted by atomic mass is 10.0. The summed E-state index contributed by atoms with van der Waals surface area (Å²) in [5, 5.41) is 3.51. The fourth-order valence-electron chi connectivity index (χ4n) is 1.19. The van der Waals surface area contributed by atoms with E-state index in [9.17, 15) is 0 Å². The number of ether oxygens (including phenoxy) is 1. The standard InChI is InChI=1S/C12H27NO/c1-8-12(6,7)13-9-10(2)14-11(3,4)5/h10,13H,8-9H2,1-7H3. The number of rotatable bonds is 5. The normalized spacial score (nSPS) is 15.6. The van der Waals surface area contributed by atoms with Crippen LogP contribution in [0.5, 0.6) is 0 Å². The van der Waals surface area contributed by atoms with Crippen molar-refractivity contribution in [3.8, 4) is 0 Å². The lowest BCUT2D eigenvalue weighted by molar-refractivity contribution is -0.0520. The van der Waals surface area contributed by atoms with Crippen molar-refractivity contribution < 1.29 is 4.74 Å². The van der Waals surface area contributed by atoms with Crippen LogP contribution in [0.1, 0.15) is 54.9 Å². The van der Waals surface area contributed by atoms with Crippen LogP contribution in [-0.4, -0.2) is 23.8 Å². The first kappa shape index (κ1) is 13.9. The monoisotopic (exact) mass is 201 g/mol. The second kappa shape index (κ2) is 5.13. The van der Waals surface area contributed by atoms with E-state index in [1.54, 1.807) is 0 Å². The van der Waals surface area contributed by atoms with Gasteiger partial charge in [0.2, 0.25) is 0 Å². The Balaban J connectivity index is 3.80. The van der Waals surface area contributed by atoms with E-state index in [4.69, 9.17) is 4.74 Å². The molecule has 0 radical (unpaired) electrons. The Hall–Kier alpha value is -0.0800. The quantitative estimate of drug-likeness (QED) is 0.738. The Bertz CT molecular complexity index is 158. The summed E-state index contributed by atoms with van der Waals surface area (Å²) in [7, 11) is 0. The van der Waals surface area contributed by atoms with Crippen LogP contribution in [0.25, 0.3) is 0 Å². The third-order valence-electron chi connectivity index (χ3n) is 2.31. The maximum absolute atomic E-state index is 5.82. The molecule has 0 saturated heterocycles. The molecule has 0 aromatic carbocycles. The van der Waals surface area contributed by atoms with Crippen LogP contribution >= 0.6 is 0 Å². The maximum atomic E-state index is 5.82. The highest BCUT2D eigenvalue weighted by Crippen LogP contribution is 2.12. The van der Waals surface area contributed by atoms with Crippen molar-refractivity contribution in [1.82, 2.24) is 5.32 Å². The highest BCUT2D eigenvalue weighted by molar-refractivity contribution is 4.77. The van der Waals surface area contributed by atoms with Crippen LogP contribution in [0, 0.1) is 0 Å². The van der Waals surface area contributed by atoms with E-state index >= 15 is 0 Å². The highest BCUT2D eigenvalue weighted by Gasteiger charge is 2.18. The van der Waals surface area contributed by atoms with Crippen LogP contribution in [0.3, 0.4) is 0 Å². The second-order valence-corrected chi connectivity index (χ2v) is 5.66. The molecule has 0 aromatic rings. The van der Waals surface area contributed by atoms with Gasteiger partial charge < -0.3 is 10.1 Å². The molecule has 0 saturated carbocycles. The van der Waals surface area contributed by atoms with Crippen molar-refractivity contribution in [1.29, 1.82) is 0 Å². The molecule has 0 heterocycles. The largest absolute Gasteiger partial charge is 0.372 e. The molecule has 0 amide bonds. The third kappa shape index (κ3) is 7.34. The molecule has 0 aliphatic rings. The SMILES string of the molecule is CCC(C)(C)NCC(C)OC(C)(C)C. The molecule has 1 N–H and O–H groups in total. The van der Waals surface area contributed by atoms with Crippen LogP contribution in [0.4, 0.5) is 0 Å². The van der Waals surface area contributed by atoms with Gasteiger partial charge in [-0.1, -0.05) is 6.92 Å². The molecule has 0 aromatic heterocycles. The molecule has 2 nitrogen and oxygen atoms in total. The van der Waals surface area contributed by atoms with Crippen molar-refractivity contribution in [3.63, 3.8) is 0 Å². The van der Waals surface area contributed by atoms with E-state index in [1.807, 2.05) is 0 Å². The van der Waals surface area contributed by atoms with Crippen LogP contribution in [0.2, 0.25) is 0 Å². The van der Waals surface area contributed by atoms with Gasteiger partial charge in [-0.05, 0) is 48.0 Å². The van der Waals surface area contributed by atoms with Crippen molar-refractivity contribution in [2.24, 2.45) is 0 Å². The van der Waals surface area contributed by atoms with Gasteiger partial charge in [-0.3, -0.25) is 0 Å². The van der Waals surface area contributed by atoms with Crippen molar-refractivity contribution >= 4 is 0 Å². The molecule has 0 rings (SSSR count). The molecule has 1 unspecified atom stereocenters. The van der Waals surface area contributed by atoms with Gasteiger partial charge in [-0.2, -0.15) is 0 Å². The minimum absolute atomic E-state index is 0.0442. The fraction of sp³-hybridized carbons (Fsp3) is 1.00. The predicted molar refractivity (Wildman–Crippen MR) is 62.7 cm³/mol. The summed E-state index contributed by atoms with van der Waals surface area (Å²) < 4.78 is 5.82. The summed E-state index contributed by atoms with van der Waals surface area (Å²) in [6.45, 7) is 15.9. The zero-order valence-electron chi connectivity index (χ0n) is 10.9. The Kier molecular flexibility index (Phi) is 5.10. The summed E-state index contributed by atoms with van der Waals surface area (Å²) in [4.78, 5) is 0. The van der Waals surface area contributed by atoms with Crippen molar-refractivity contribution in [2.75, 3.05) is 6.54 Å². The zero-order valence-corrected chi connectivity index (χ0v) is 10.9. The average molecular weight is 201 g/mol. The van der Waals surface area contributed by atoms with Gasteiger partial charge in [0, 0.05) is 12.1 Å². The van der Waals surface area contributed by atoms with Crippen LogP contribution < -0.4 is 5.32 Å². The summed E-state index contributed by atoms with van der Waals surface area (Å²) in [6, 6.07) is 0. The summed E-state index contributed by atoms with van der Waals surface area (Å²) in [5.41, 5.74) is 0.174. The molecular weight excluding hydrogens is 174 g/mol. The van der Waals surface area contributed by atoms with Gasteiger partial charge in [0.25, 0.3) is 0 Å². The lowest BCUT2D eigenvalue weighted by Crippen LogP contribution is -2.44. The van der Waals surface area contributed by atoms with E-state index in [1.165, 1.54) is 0 Å². The molecule has 14 heavy (non-hydrogen) atoms. The molecule has 0 aliphatic heterocycles. The fourth-order valence-corrected chi connectivity index (χ4v) is 1.19. The highest BCUT2D eigenvalue weighted by atomic mass is 16.5. The maximum Gasteiger partial charge on any atom is 0.0678 e. The molecule has 0 aliphatic carbocycles. The smallest absolute Gasteiger partial charge is 0.0678 e. The van der Waals surface area contributed by atoms with E-state index in [0.29, 0.717) is 0 Å². The van der Waals surface area contributed by atoms with Gasteiger partial charge in [0.1, 0.15) is 0 Å². The second-order valence-electron chi connectivity index (χ2n) is 5.66. The van der Waals surface area contributed by atoms with E-state index in [2.05, 4.69) is 53.8 Å². The first-order valence-electron chi connectivity index (χ1n) is 5.59. The van der Waals surface area contributed by atoms with Gasteiger partial charge in [0.15, 0.2) is 0 Å². The van der Waals surface area contributed by atoms with Gasteiger partial charge in [0.05, 0.1) is 11.7 Å². The Morgan fingerprint density at radius 3 is 2.00 bits per heavy atom. The Labute approximate surface area is 89.4 Å². The van der Waals surface area contributed by atoms with Gasteiger partial charge >= 0.3 is 0 Å². The average Bonchev–Trinajstić information content (AvgIpc) is 1.98. The minimum Gasteiger partial charge on any atom is -0.372 e. The molecular formula is C12H27NO. The van der Waals surface area contributed by atoms with Gasteiger partial charge in [-0.25, -0.2) is 0 Å². The van der Waals surface area contributed by atoms with E-state index in [-0.39, 0.29) is 17.2 Å². The number of hydrogen-bond acceptors (Lipinski definition) is 2. The number of nitrogens with one attached hydrogen (secondary N) is 1. The molecule has 2 heteroatoms. The molecule has 0 fully saturated rings. The topological polar surface area (TPSA) is 21.3 Å². The molecule has 0 bridgehead atoms. The Morgan fingerprint density at radius 2 is 1.64 bits per heavy atom. The predicted octanol–water partition coefficient (Wildman–Crippen LogP) is 2.97. The third-order valence-corrected chi connectivity index (χ3v) is 2.31. The van der Waals surface area contributed by atoms with Crippen LogP contribution in [0.15, 0.2) is 0 Å². The van der Waals surface area contributed by atoms with Crippen molar-refractivity contribution in [2.45, 2.75) is 72.1 Å². The first-order valence-corrected chi connectivity index (χ1v) is 5.59. The summed E-state index contributed by atoms with van der Waals surface area (Å²) in [6.07, 6.45) is 1.40. The van der Waals surface area contributed by atoms with Crippen LogP contribution in [-0.2, 0) is 4.74 Å². The zero-order chi connectivity index (χ0) is 11.4. The molecule has 0 spiro atoms.